The molecule has 0 saturated carbocycles. The Labute approximate surface area is 177 Å². The molecule has 162 valence electrons. The van der Waals surface area contributed by atoms with E-state index in [0.29, 0.717) is 42.8 Å². The second kappa shape index (κ2) is 10.2. The number of ether oxygens (including phenoxy) is 2. The first-order valence-corrected chi connectivity index (χ1v) is 11.1. The molecule has 1 unspecified atom stereocenters. The van der Waals surface area contributed by atoms with Crippen molar-refractivity contribution in [2.45, 2.75) is 51.5 Å². The number of likely N-dealkylation sites (tertiary alicyclic amines) is 1. The Morgan fingerprint density at radius 1 is 1.23 bits per heavy atom. The first kappa shape index (κ1) is 21.0. The van der Waals surface area contributed by atoms with E-state index in [1.165, 1.54) is 0 Å². The lowest BCUT2D eigenvalue weighted by Crippen LogP contribution is -2.38. The summed E-state index contributed by atoms with van der Waals surface area (Å²) in [6, 6.07) is 7.57. The fourth-order valence-electron chi connectivity index (χ4n) is 4.21. The number of aryl methyl sites for hydroxylation is 1. The van der Waals surface area contributed by atoms with Gasteiger partial charge in [-0.25, -0.2) is 0 Å². The monoisotopic (exact) mass is 413 g/mol. The van der Waals surface area contributed by atoms with Crippen LogP contribution in [-0.4, -0.2) is 53.9 Å². The summed E-state index contributed by atoms with van der Waals surface area (Å²) in [5.41, 5.74) is 1.79. The quantitative estimate of drug-likeness (QED) is 0.644. The number of nitrogens with zero attached hydrogens (tertiary/aromatic N) is 3. The first-order chi connectivity index (χ1) is 14.7. The fraction of sp³-hybridized carbons (Fsp3) is 0.609. The number of benzene rings is 1. The summed E-state index contributed by atoms with van der Waals surface area (Å²) in [6.07, 6.45) is 5.64. The molecule has 1 atom stereocenters. The summed E-state index contributed by atoms with van der Waals surface area (Å²) in [6.45, 7) is 5.72. The van der Waals surface area contributed by atoms with E-state index in [2.05, 4.69) is 10.1 Å². The van der Waals surface area contributed by atoms with Crippen LogP contribution in [0.4, 0.5) is 0 Å². The number of carbonyl (C=O) groups excluding carboxylic acids is 1. The molecule has 0 bridgehead atoms. The van der Waals surface area contributed by atoms with Crippen molar-refractivity contribution in [1.82, 2.24) is 15.0 Å². The maximum Gasteiger partial charge on any atom is 0.254 e. The zero-order valence-corrected chi connectivity index (χ0v) is 17.7. The molecule has 4 rings (SSSR count). The van der Waals surface area contributed by atoms with E-state index in [-0.39, 0.29) is 11.9 Å². The molecule has 1 aromatic heterocycles. The van der Waals surface area contributed by atoms with Crippen LogP contribution in [0.25, 0.3) is 0 Å². The van der Waals surface area contributed by atoms with Gasteiger partial charge in [-0.1, -0.05) is 22.9 Å². The van der Waals surface area contributed by atoms with Gasteiger partial charge in [0.15, 0.2) is 5.82 Å². The van der Waals surface area contributed by atoms with Crippen molar-refractivity contribution in [3.05, 3.63) is 47.1 Å². The number of rotatable bonds is 7. The molecule has 1 aromatic carbocycles. The van der Waals surface area contributed by atoms with Gasteiger partial charge in [-0.15, -0.1) is 0 Å². The predicted octanol–water partition coefficient (Wildman–Crippen LogP) is 3.73. The van der Waals surface area contributed by atoms with Crippen LogP contribution in [0.1, 0.15) is 65.8 Å². The number of amides is 1. The Balaban J connectivity index is 1.34. The molecule has 3 heterocycles. The third-order valence-corrected chi connectivity index (χ3v) is 5.96. The lowest BCUT2D eigenvalue weighted by Gasteiger charge is -2.33. The molecule has 1 amide bonds. The minimum atomic E-state index is -0.156. The van der Waals surface area contributed by atoms with E-state index in [1.807, 2.05) is 36.1 Å². The van der Waals surface area contributed by atoms with Crippen molar-refractivity contribution < 1.29 is 18.8 Å². The fourth-order valence-corrected chi connectivity index (χ4v) is 4.21. The minimum absolute atomic E-state index is 0.0305. The standard InChI is InChI=1S/C23H31N3O4/c1-17-5-4-6-19(15-17)23(27)26-11-3-2-7-20(26)22-24-21(25-30-22)10-14-29-16-18-8-12-28-13-9-18/h4-6,15,18,20H,2-3,7-14,16H2,1H3. The predicted molar refractivity (Wildman–Crippen MR) is 111 cm³/mol. The molecule has 2 aliphatic heterocycles. The zero-order chi connectivity index (χ0) is 20.8. The SMILES string of the molecule is Cc1cccc(C(=O)N2CCCCC2c2nc(CCOCC3CCOCC3)no2)c1. The molecular weight excluding hydrogens is 382 g/mol. The lowest BCUT2D eigenvalue weighted by molar-refractivity contribution is 0.0211. The van der Waals surface area contributed by atoms with Crippen LogP contribution in [0.2, 0.25) is 0 Å². The molecule has 2 fully saturated rings. The number of hydrogen-bond donors (Lipinski definition) is 0. The molecule has 2 aliphatic rings. The maximum absolute atomic E-state index is 13.1. The summed E-state index contributed by atoms with van der Waals surface area (Å²) in [5, 5.41) is 4.13. The van der Waals surface area contributed by atoms with Crippen LogP contribution in [0.15, 0.2) is 28.8 Å². The van der Waals surface area contributed by atoms with E-state index in [4.69, 9.17) is 14.0 Å². The summed E-state index contributed by atoms with van der Waals surface area (Å²) in [4.78, 5) is 19.6. The molecule has 2 saturated heterocycles. The Kier molecular flexibility index (Phi) is 7.12. The van der Waals surface area contributed by atoms with Crippen LogP contribution in [0, 0.1) is 12.8 Å². The molecule has 7 nitrogen and oxygen atoms in total. The highest BCUT2D eigenvalue weighted by Crippen LogP contribution is 2.31. The Hall–Kier alpha value is -2.25. The van der Waals surface area contributed by atoms with Crippen LogP contribution in [0.3, 0.4) is 0 Å². The summed E-state index contributed by atoms with van der Waals surface area (Å²) >= 11 is 0. The zero-order valence-electron chi connectivity index (χ0n) is 17.7. The Morgan fingerprint density at radius 3 is 2.93 bits per heavy atom. The molecule has 0 aliphatic carbocycles. The highest BCUT2D eigenvalue weighted by atomic mass is 16.5. The number of carbonyl (C=O) groups is 1. The Bertz CT molecular complexity index is 831. The van der Waals surface area contributed by atoms with Crippen LogP contribution in [-0.2, 0) is 15.9 Å². The summed E-state index contributed by atoms with van der Waals surface area (Å²) in [5.74, 6) is 1.80. The summed E-state index contributed by atoms with van der Waals surface area (Å²) < 4.78 is 16.8. The molecule has 0 radical (unpaired) electrons. The lowest BCUT2D eigenvalue weighted by atomic mass is 10.00. The van der Waals surface area contributed by atoms with Crippen LogP contribution >= 0.6 is 0 Å². The second-order valence-electron chi connectivity index (χ2n) is 8.31. The van der Waals surface area contributed by atoms with Gasteiger partial charge in [-0.2, -0.15) is 4.98 Å². The van der Waals surface area contributed by atoms with Crippen molar-refractivity contribution in [1.29, 1.82) is 0 Å². The van der Waals surface area contributed by atoms with Gasteiger partial charge in [-0.05, 0) is 57.1 Å². The van der Waals surface area contributed by atoms with Crippen LogP contribution < -0.4 is 0 Å². The van der Waals surface area contributed by atoms with E-state index in [9.17, 15) is 4.79 Å². The van der Waals surface area contributed by atoms with Gasteiger partial charge in [-0.3, -0.25) is 4.79 Å². The van der Waals surface area contributed by atoms with Gasteiger partial charge >= 0.3 is 0 Å². The van der Waals surface area contributed by atoms with Gasteiger partial charge in [0, 0.05) is 38.3 Å². The average Bonchev–Trinajstić information content (AvgIpc) is 3.26. The second-order valence-corrected chi connectivity index (χ2v) is 8.31. The smallest absolute Gasteiger partial charge is 0.254 e. The highest BCUT2D eigenvalue weighted by Gasteiger charge is 2.32. The normalized spacial score (nSPS) is 20.4. The molecule has 0 spiro atoms. The topological polar surface area (TPSA) is 77.7 Å². The molecule has 0 N–H and O–H groups in total. The van der Waals surface area contributed by atoms with Gasteiger partial charge in [0.2, 0.25) is 5.89 Å². The van der Waals surface area contributed by atoms with Crippen LogP contribution in [0.5, 0.6) is 0 Å². The van der Waals surface area contributed by atoms with Crippen molar-refractivity contribution in [2.24, 2.45) is 5.92 Å². The third-order valence-electron chi connectivity index (χ3n) is 5.96. The van der Waals surface area contributed by atoms with Crippen molar-refractivity contribution in [2.75, 3.05) is 33.0 Å². The third kappa shape index (κ3) is 5.26. The first-order valence-electron chi connectivity index (χ1n) is 11.1. The number of piperidine rings is 1. The Morgan fingerprint density at radius 2 is 2.10 bits per heavy atom. The van der Waals surface area contributed by atoms with E-state index >= 15 is 0 Å². The molecule has 7 heteroatoms. The molecule has 30 heavy (non-hydrogen) atoms. The number of aromatic nitrogens is 2. The minimum Gasteiger partial charge on any atom is -0.381 e. The van der Waals surface area contributed by atoms with Crippen molar-refractivity contribution in [3.63, 3.8) is 0 Å². The summed E-state index contributed by atoms with van der Waals surface area (Å²) in [7, 11) is 0. The van der Waals surface area contributed by atoms with E-state index in [0.717, 1.165) is 57.5 Å². The number of hydrogen-bond acceptors (Lipinski definition) is 6. The van der Waals surface area contributed by atoms with Gasteiger partial charge in [0.1, 0.15) is 6.04 Å². The van der Waals surface area contributed by atoms with Gasteiger partial charge in [0.25, 0.3) is 5.91 Å². The average molecular weight is 414 g/mol. The largest absolute Gasteiger partial charge is 0.381 e. The van der Waals surface area contributed by atoms with E-state index in [1.54, 1.807) is 0 Å². The van der Waals surface area contributed by atoms with E-state index < -0.39 is 0 Å². The van der Waals surface area contributed by atoms with Gasteiger partial charge < -0.3 is 18.9 Å². The van der Waals surface area contributed by atoms with Crippen molar-refractivity contribution >= 4 is 5.91 Å². The maximum atomic E-state index is 13.1. The van der Waals surface area contributed by atoms with Gasteiger partial charge in [0.05, 0.1) is 6.61 Å². The highest BCUT2D eigenvalue weighted by molar-refractivity contribution is 5.94. The molecule has 2 aromatic rings. The van der Waals surface area contributed by atoms with Crippen molar-refractivity contribution in [3.8, 4) is 0 Å². The molecular formula is C23H31N3O4.